The Hall–Kier alpha value is -0.830. The van der Waals surface area contributed by atoms with E-state index in [0.717, 1.165) is 6.42 Å². The number of rotatable bonds is 0. The van der Waals surface area contributed by atoms with E-state index in [4.69, 9.17) is 0 Å². The van der Waals surface area contributed by atoms with Gasteiger partial charge < -0.3 is 10.4 Å². The Kier molecular flexibility index (Phi) is 0.951. The van der Waals surface area contributed by atoms with Gasteiger partial charge >= 0.3 is 0 Å². The molecule has 0 aromatic rings. The maximum absolute atomic E-state index is 11.0. The van der Waals surface area contributed by atoms with E-state index in [1.54, 1.807) is 6.08 Å². The predicted molar refractivity (Wildman–Crippen MR) is 35.3 cm³/mol. The van der Waals surface area contributed by atoms with Crippen molar-refractivity contribution in [3.05, 3.63) is 12.2 Å². The Labute approximate surface area is 58.7 Å². The third-order valence-electron chi connectivity index (χ3n) is 2.15. The van der Waals surface area contributed by atoms with Crippen LogP contribution in [0.1, 0.15) is 12.8 Å². The highest BCUT2D eigenvalue weighted by atomic mass is 16.3. The quantitative estimate of drug-likeness (QED) is 0.447. The molecule has 3 nitrogen and oxygen atoms in total. The molecule has 1 fully saturated rings. The third kappa shape index (κ3) is 0.609. The maximum Gasteiger partial charge on any atom is 0.256 e. The van der Waals surface area contributed by atoms with Gasteiger partial charge in [-0.2, -0.15) is 0 Å². The van der Waals surface area contributed by atoms with Crippen molar-refractivity contribution in [1.29, 1.82) is 0 Å². The molecule has 54 valence electrons. The van der Waals surface area contributed by atoms with Gasteiger partial charge in [-0.25, -0.2) is 0 Å². The van der Waals surface area contributed by atoms with E-state index in [0.29, 0.717) is 6.42 Å². The van der Waals surface area contributed by atoms with Crippen LogP contribution in [-0.4, -0.2) is 22.7 Å². The van der Waals surface area contributed by atoms with Gasteiger partial charge in [0.15, 0.2) is 5.60 Å². The van der Waals surface area contributed by atoms with Gasteiger partial charge in [-0.15, -0.1) is 0 Å². The average Bonchev–Trinajstić information content (AvgIpc) is 1.92. The first-order valence-corrected chi connectivity index (χ1v) is 3.43. The molecule has 0 aromatic heterocycles. The fraction of sp³-hybridized carbons (Fsp3) is 0.571. The highest BCUT2D eigenvalue weighted by Crippen LogP contribution is 2.27. The lowest BCUT2D eigenvalue weighted by molar-refractivity contribution is -0.140. The molecule has 1 saturated heterocycles. The number of aliphatic hydroxyl groups is 1. The van der Waals surface area contributed by atoms with E-state index >= 15 is 0 Å². The Morgan fingerprint density at radius 1 is 1.80 bits per heavy atom. The predicted octanol–water partition coefficient (Wildman–Crippen LogP) is -0.434. The first kappa shape index (κ1) is 5.92. The molecule has 10 heavy (non-hydrogen) atoms. The molecule has 3 heteroatoms. The third-order valence-corrected chi connectivity index (χ3v) is 2.15. The van der Waals surface area contributed by atoms with Gasteiger partial charge in [0.2, 0.25) is 0 Å². The molecule has 2 aliphatic heterocycles. The molecule has 0 spiro atoms. The van der Waals surface area contributed by atoms with Crippen molar-refractivity contribution >= 4 is 5.91 Å². The lowest BCUT2D eigenvalue weighted by atomic mass is 9.83. The number of amides is 1. The Morgan fingerprint density at radius 2 is 2.60 bits per heavy atom. The number of hydrogen-bond donors (Lipinski definition) is 2. The average molecular weight is 139 g/mol. The first-order valence-electron chi connectivity index (χ1n) is 3.43. The number of nitrogens with one attached hydrogen (secondary N) is 1. The van der Waals surface area contributed by atoms with Crippen molar-refractivity contribution in [1.82, 2.24) is 5.32 Å². The largest absolute Gasteiger partial charge is 0.376 e. The number of piperidine rings is 1. The molecule has 1 amide bonds. The monoisotopic (exact) mass is 139 g/mol. The first-order chi connectivity index (χ1) is 4.71. The van der Waals surface area contributed by atoms with E-state index in [1.165, 1.54) is 0 Å². The summed E-state index contributed by atoms with van der Waals surface area (Å²) in [5.74, 6) is -0.244. The summed E-state index contributed by atoms with van der Waals surface area (Å²) in [5.41, 5.74) is -1.19. The molecule has 1 aliphatic carbocycles. The number of carbonyl (C=O) groups excluding carboxylic acids is 1. The number of hydrogen-bond acceptors (Lipinski definition) is 2. The summed E-state index contributed by atoms with van der Waals surface area (Å²) in [6.45, 7) is 0. The summed E-state index contributed by atoms with van der Waals surface area (Å²) < 4.78 is 0. The van der Waals surface area contributed by atoms with Crippen molar-refractivity contribution in [2.24, 2.45) is 0 Å². The molecule has 2 bridgehead atoms. The van der Waals surface area contributed by atoms with Gasteiger partial charge in [-0.05, 0) is 18.9 Å². The van der Waals surface area contributed by atoms with E-state index in [2.05, 4.69) is 5.32 Å². The SMILES string of the molecule is O=C1N[C@H]2C=C[C@]1(O)CC2. The summed E-state index contributed by atoms with van der Waals surface area (Å²) in [4.78, 5) is 11.0. The highest BCUT2D eigenvalue weighted by Gasteiger charge is 2.41. The van der Waals surface area contributed by atoms with Gasteiger partial charge in [-0.1, -0.05) is 6.08 Å². The van der Waals surface area contributed by atoms with Crippen LogP contribution in [-0.2, 0) is 4.79 Å². The fourth-order valence-corrected chi connectivity index (χ4v) is 1.43. The van der Waals surface area contributed by atoms with Crippen LogP contribution in [0.25, 0.3) is 0 Å². The number of fused-ring (bicyclic) bond motifs is 2. The molecule has 2 heterocycles. The smallest absolute Gasteiger partial charge is 0.256 e. The van der Waals surface area contributed by atoms with Crippen LogP contribution < -0.4 is 5.32 Å². The lowest BCUT2D eigenvalue weighted by Crippen LogP contribution is -2.57. The zero-order valence-corrected chi connectivity index (χ0v) is 5.50. The Morgan fingerprint density at radius 3 is 2.90 bits per heavy atom. The van der Waals surface area contributed by atoms with Crippen LogP contribution in [0.5, 0.6) is 0 Å². The van der Waals surface area contributed by atoms with Gasteiger partial charge in [0.05, 0.1) is 0 Å². The van der Waals surface area contributed by atoms with Crippen molar-refractivity contribution in [3.8, 4) is 0 Å². The van der Waals surface area contributed by atoms with Gasteiger partial charge in [0.1, 0.15) is 0 Å². The number of carbonyl (C=O) groups is 1. The maximum atomic E-state index is 11.0. The molecule has 0 saturated carbocycles. The molecule has 0 radical (unpaired) electrons. The molecule has 3 aliphatic rings. The second kappa shape index (κ2) is 1.61. The van der Waals surface area contributed by atoms with Crippen LogP contribution >= 0.6 is 0 Å². The Balaban J connectivity index is 2.40. The molecular formula is C7H9NO2. The molecule has 2 N–H and O–H groups in total. The summed E-state index contributed by atoms with van der Waals surface area (Å²) in [6, 6.07) is 0.168. The summed E-state index contributed by atoms with van der Waals surface area (Å²) >= 11 is 0. The zero-order valence-electron chi connectivity index (χ0n) is 5.50. The van der Waals surface area contributed by atoms with Crippen molar-refractivity contribution < 1.29 is 9.90 Å². The van der Waals surface area contributed by atoms with Crippen LogP contribution in [0.4, 0.5) is 0 Å². The van der Waals surface area contributed by atoms with Crippen LogP contribution in [0.2, 0.25) is 0 Å². The van der Waals surface area contributed by atoms with Gasteiger partial charge in [0.25, 0.3) is 5.91 Å². The molecule has 0 unspecified atom stereocenters. The second-order valence-electron chi connectivity index (χ2n) is 2.90. The van der Waals surface area contributed by atoms with Crippen molar-refractivity contribution in [2.45, 2.75) is 24.5 Å². The second-order valence-corrected chi connectivity index (χ2v) is 2.90. The zero-order chi connectivity index (χ0) is 7.19. The minimum absolute atomic E-state index is 0.168. The van der Waals surface area contributed by atoms with E-state index < -0.39 is 5.60 Å². The fourth-order valence-electron chi connectivity index (χ4n) is 1.43. The lowest BCUT2D eigenvalue weighted by Gasteiger charge is -2.37. The van der Waals surface area contributed by atoms with E-state index in [9.17, 15) is 9.90 Å². The van der Waals surface area contributed by atoms with Crippen molar-refractivity contribution in [2.75, 3.05) is 0 Å². The Bertz CT molecular complexity index is 212. The molecule has 3 rings (SSSR count). The van der Waals surface area contributed by atoms with Gasteiger partial charge in [-0.3, -0.25) is 4.79 Å². The molecule has 0 aromatic carbocycles. The standard InChI is InChI=1S/C7H9NO2/c9-6-7(10)3-1-5(8-6)2-4-7/h1,3,5,10H,2,4H2,(H,8,9)/t5-,7-/m0/s1. The normalized spacial score (nSPS) is 43.7. The van der Waals surface area contributed by atoms with Crippen LogP contribution in [0.15, 0.2) is 12.2 Å². The highest BCUT2D eigenvalue weighted by molar-refractivity contribution is 5.89. The van der Waals surface area contributed by atoms with E-state index in [-0.39, 0.29) is 11.9 Å². The minimum Gasteiger partial charge on any atom is -0.376 e. The summed E-state index contributed by atoms with van der Waals surface area (Å²) in [6.07, 6.45) is 4.88. The summed E-state index contributed by atoms with van der Waals surface area (Å²) in [7, 11) is 0. The topological polar surface area (TPSA) is 49.3 Å². The van der Waals surface area contributed by atoms with Crippen LogP contribution in [0, 0.1) is 0 Å². The minimum atomic E-state index is -1.19. The van der Waals surface area contributed by atoms with Gasteiger partial charge in [0, 0.05) is 6.04 Å². The van der Waals surface area contributed by atoms with Crippen molar-refractivity contribution in [3.63, 3.8) is 0 Å². The molecule has 2 atom stereocenters. The van der Waals surface area contributed by atoms with E-state index in [1.807, 2.05) is 6.08 Å². The summed E-state index contributed by atoms with van der Waals surface area (Å²) in [5, 5.41) is 12.2. The van der Waals surface area contributed by atoms with Crippen LogP contribution in [0.3, 0.4) is 0 Å². The molecular weight excluding hydrogens is 130 g/mol.